The summed E-state index contributed by atoms with van der Waals surface area (Å²) >= 11 is 0. The Morgan fingerprint density at radius 2 is 1.84 bits per heavy atom. The lowest BCUT2D eigenvalue weighted by atomic mass is 10.2. The van der Waals surface area contributed by atoms with Gasteiger partial charge in [0.05, 0.1) is 24.8 Å². The lowest BCUT2D eigenvalue weighted by molar-refractivity contribution is 0.0520. The summed E-state index contributed by atoms with van der Waals surface area (Å²) in [6.45, 7) is 2.52. The Balaban J connectivity index is 1.92. The van der Waals surface area contributed by atoms with Crippen molar-refractivity contribution in [3.8, 4) is 5.75 Å². The number of carbonyl (C=O) groups excluding carboxylic acids is 1. The van der Waals surface area contributed by atoms with E-state index in [1.165, 1.54) is 0 Å². The van der Waals surface area contributed by atoms with Crippen molar-refractivity contribution in [2.75, 3.05) is 19.0 Å². The number of esters is 1. The van der Waals surface area contributed by atoms with Crippen LogP contribution in [0.4, 0.5) is 5.82 Å². The number of ether oxygens (including phenoxy) is 2. The van der Waals surface area contributed by atoms with E-state index >= 15 is 0 Å². The third-order valence-corrected chi connectivity index (χ3v) is 3.63. The summed E-state index contributed by atoms with van der Waals surface area (Å²) in [7, 11) is 1.63. The second-order valence-electron chi connectivity index (χ2n) is 5.34. The lowest BCUT2D eigenvalue weighted by Crippen LogP contribution is -2.14. The van der Waals surface area contributed by atoms with Crippen LogP contribution in [0.1, 0.15) is 23.0 Å². The van der Waals surface area contributed by atoms with E-state index in [2.05, 4.69) is 15.3 Å². The van der Waals surface area contributed by atoms with Crippen molar-refractivity contribution in [1.82, 2.24) is 9.97 Å². The lowest BCUT2D eigenvalue weighted by Gasteiger charge is -2.11. The summed E-state index contributed by atoms with van der Waals surface area (Å²) in [5.41, 5.74) is 2.55. The van der Waals surface area contributed by atoms with Gasteiger partial charge in [0.15, 0.2) is 11.5 Å². The zero-order valence-electron chi connectivity index (χ0n) is 14.2. The molecule has 3 aromatic rings. The molecule has 0 amide bonds. The smallest absolute Gasteiger partial charge is 0.360 e. The number of rotatable bonds is 6. The first-order chi connectivity index (χ1) is 12.2. The van der Waals surface area contributed by atoms with Gasteiger partial charge in [-0.25, -0.2) is 14.8 Å². The van der Waals surface area contributed by atoms with Gasteiger partial charge in [-0.1, -0.05) is 24.3 Å². The maximum Gasteiger partial charge on any atom is 0.360 e. The molecule has 0 aliphatic heterocycles. The summed E-state index contributed by atoms with van der Waals surface area (Å²) in [6, 6.07) is 15.1. The molecular weight excluding hydrogens is 318 g/mol. The van der Waals surface area contributed by atoms with E-state index in [0.717, 1.165) is 11.3 Å². The number of carbonyl (C=O) groups is 1. The fourth-order valence-electron chi connectivity index (χ4n) is 2.43. The Morgan fingerprint density at radius 3 is 2.56 bits per heavy atom. The third-order valence-electron chi connectivity index (χ3n) is 3.63. The quantitative estimate of drug-likeness (QED) is 0.695. The molecule has 0 unspecified atom stereocenters. The minimum atomic E-state index is -0.492. The summed E-state index contributed by atoms with van der Waals surface area (Å²) in [4.78, 5) is 21.2. The van der Waals surface area contributed by atoms with Gasteiger partial charge < -0.3 is 14.8 Å². The van der Waals surface area contributed by atoms with Crippen LogP contribution in [0.25, 0.3) is 11.0 Å². The Morgan fingerprint density at radius 1 is 1.08 bits per heavy atom. The molecule has 0 aliphatic carbocycles. The van der Waals surface area contributed by atoms with Crippen LogP contribution in [0.15, 0.2) is 48.5 Å². The van der Waals surface area contributed by atoms with Crippen molar-refractivity contribution in [3.63, 3.8) is 0 Å². The van der Waals surface area contributed by atoms with E-state index in [1.807, 2.05) is 48.5 Å². The van der Waals surface area contributed by atoms with Gasteiger partial charge in [-0.2, -0.15) is 0 Å². The number of para-hydroxylation sites is 2. The van der Waals surface area contributed by atoms with Crippen LogP contribution in [-0.4, -0.2) is 29.7 Å². The van der Waals surface area contributed by atoms with Crippen LogP contribution in [-0.2, 0) is 11.3 Å². The molecule has 2 aromatic carbocycles. The van der Waals surface area contributed by atoms with Crippen molar-refractivity contribution >= 4 is 22.8 Å². The van der Waals surface area contributed by atoms with E-state index in [4.69, 9.17) is 9.47 Å². The first kappa shape index (κ1) is 16.7. The van der Waals surface area contributed by atoms with E-state index in [0.29, 0.717) is 23.4 Å². The molecule has 1 aromatic heterocycles. The number of fused-ring (bicyclic) bond motifs is 1. The molecule has 0 spiro atoms. The van der Waals surface area contributed by atoms with Crippen molar-refractivity contribution < 1.29 is 14.3 Å². The van der Waals surface area contributed by atoms with E-state index < -0.39 is 5.97 Å². The van der Waals surface area contributed by atoms with Gasteiger partial charge in [0.1, 0.15) is 5.75 Å². The average molecular weight is 337 g/mol. The molecule has 3 rings (SSSR count). The fraction of sp³-hybridized carbons (Fsp3) is 0.211. The minimum Gasteiger partial charge on any atom is -0.497 e. The first-order valence-corrected chi connectivity index (χ1v) is 8.02. The van der Waals surface area contributed by atoms with Crippen molar-refractivity contribution in [3.05, 3.63) is 59.8 Å². The van der Waals surface area contributed by atoms with Gasteiger partial charge in [0.25, 0.3) is 0 Å². The van der Waals surface area contributed by atoms with Crippen molar-refractivity contribution in [1.29, 1.82) is 0 Å². The summed E-state index contributed by atoms with van der Waals surface area (Å²) in [6.07, 6.45) is 0. The second kappa shape index (κ2) is 7.61. The molecule has 6 nitrogen and oxygen atoms in total. The SMILES string of the molecule is CCOC(=O)c1nc2ccccc2nc1NCc1cccc(OC)c1. The molecule has 25 heavy (non-hydrogen) atoms. The number of nitrogens with zero attached hydrogens (tertiary/aromatic N) is 2. The zero-order chi connectivity index (χ0) is 17.6. The number of aromatic nitrogens is 2. The van der Waals surface area contributed by atoms with Crippen LogP contribution in [0, 0.1) is 0 Å². The molecular formula is C19H19N3O3. The van der Waals surface area contributed by atoms with Gasteiger partial charge in [0.2, 0.25) is 0 Å². The zero-order valence-corrected chi connectivity index (χ0v) is 14.2. The number of benzene rings is 2. The monoisotopic (exact) mass is 337 g/mol. The van der Waals surface area contributed by atoms with Crippen LogP contribution >= 0.6 is 0 Å². The Labute approximate surface area is 145 Å². The molecule has 1 heterocycles. The predicted octanol–water partition coefficient (Wildman–Crippen LogP) is 3.43. The van der Waals surface area contributed by atoms with Gasteiger partial charge in [0, 0.05) is 6.54 Å². The van der Waals surface area contributed by atoms with Crippen molar-refractivity contribution in [2.45, 2.75) is 13.5 Å². The van der Waals surface area contributed by atoms with Crippen LogP contribution in [0.3, 0.4) is 0 Å². The summed E-state index contributed by atoms with van der Waals surface area (Å²) < 4.78 is 10.3. The highest BCUT2D eigenvalue weighted by atomic mass is 16.5. The topological polar surface area (TPSA) is 73.3 Å². The largest absolute Gasteiger partial charge is 0.497 e. The summed E-state index contributed by atoms with van der Waals surface area (Å²) in [5, 5.41) is 3.18. The van der Waals surface area contributed by atoms with Gasteiger partial charge >= 0.3 is 5.97 Å². The highest BCUT2D eigenvalue weighted by Gasteiger charge is 2.17. The Kier molecular flexibility index (Phi) is 5.09. The van der Waals surface area contributed by atoms with Crippen molar-refractivity contribution in [2.24, 2.45) is 0 Å². The number of methoxy groups -OCH3 is 1. The number of nitrogens with one attached hydrogen (secondary N) is 1. The predicted molar refractivity (Wildman–Crippen MR) is 95.8 cm³/mol. The van der Waals surface area contributed by atoms with E-state index in [1.54, 1.807) is 14.0 Å². The molecule has 0 fully saturated rings. The summed E-state index contributed by atoms with van der Waals surface area (Å²) in [5.74, 6) is 0.684. The molecule has 6 heteroatoms. The molecule has 0 bridgehead atoms. The number of hydrogen-bond donors (Lipinski definition) is 1. The van der Waals surface area contributed by atoms with Crippen LogP contribution in [0.5, 0.6) is 5.75 Å². The Bertz CT molecular complexity index is 896. The van der Waals surface area contributed by atoms with Gasteiger partial charge in [-0.05, 0) is 36.8 Å². The fourth-order valence-corrected chi connectivity index (χ4v) is 2.43. The molecule has 0 saturated heterocycles. The maximum absolute atomic E-state index is 12.2. The molecule has 0 atom stereocenters. The maximum atomic E-state index is 12.2. The second-order valence-corrected chi connectivity index (χ2v) is 5.34. The highest BCUT2D eigenvalue weighted by Crippen LogP contribution is 2.19. The van der Waals surface area contributed by atoms with E-state index in [9.17, 15) is 4.79 Å². The average Bonchev–Trinajstić information content (AvgIpc) is 2.66. The number of anilines is 1. The molecule has 0 aliphatic rings. The van der Waals surface area contributed by atoms with Crippen LogP contribution < -0.4 is 10.1 Å². The molecule has 1 N–H and O–H groups in total. The van der Waals surface area contributed by atoms with Gasteiger partial charge in [-0.3, -0.25) is 0 Å². The highest BCUT2D eigenvalue weighted by molar-refractivity contribution is 5.95. The third kappa shape index (κ3) is 3.85. The standard InChI is InChI=1S/C19H19N3O3/c1-3-25-19(23)17-18(22-16-10-5-4-9-15(16)21-17)20-12-13-7-6-8-14(11-13)24-2/h4-11H,3,12H2,1-2H3,(H,20,22). The molecule has 0 radical (unpaired) electrons. The molecule has 128 valence electrons. The molecule has 0 saturated carbocycles. The minimum absolute atomic E-state index is 0.184. The van der Waals surface area contributed by atoms with Gasteiger partial charge in [-0.15, -0.1) is 0 Å². The first-order valence-electron chi connectivity index (χ1n) is 8.02. The normalized spacial score (nSPS) is 10.5. The van der Waals surface area contributed by atoms with E-state index in [-0.39, 0.29) is 12.3 Å². The Hall–Kier alpha value is -3.15. The van der Waals surface area contributed by atoms with Crippen LogP contribution in [0.2, 0.25) is 0 Å². The number of hydrogen-bond acceptors (Lipinski definition) is 6.